The van der Waals surface area contributed by atoms with E-state index in [2.05, 4.69) is 5.32 Å². The van der Waals surface area contributed by atoms with Crippen molar-refractivity contribution in [3.63, 3.8) is 0 Å². The van der Waals surface area contributed by atoms with Gasteiger partial charge >= 0.3 is 0 Å². The van der Waals surface area contributed by atoms with Crippen LogP contribution in [0.15, 0.2) is 48.5 Å². The van der Waals surface area contributed by atoms with Gasteiger partial charge in [0.05, 0.1) is 29.7 Å². The molecule has 1 heterocycles. The number of carbonyl (C=O) groups excluding carboxylic acids is 1. The number of morpholine rings is 1. The smallest absolute Gasteiger partial charge is 0.277 e. The van der Waals surface area contributed by atoms with Crippen molar-refractivity contribution in [2.45, 2.75) is 25.2 Å². The molecule has 9 heteroatoms. The van der Waals surface area contributed by atoms with Crippen LogP contribution in [0.2, 0.25) is 0 Å². The van der Waals surface area contributed by atoms with E-state index in [1.54, 1.807) is 13.1 Å². The molecule has 31 heavy (non-hydrogen) atoms. The lowest BCUT2D eigenvalue weighted by molar-refractivity contribution is -0.386. The van der Waals surface area contributed by atoms with Gasteiger partial charge in [-0.25, -0.2) is 4.39 Å². The summed E-state index contributed by atoms with van der Waals surface area (Å²) in [5, 5.41) is 14.6. The minimum Gasteiger partial charge on any atom is -0.379 e. The molecular weight excluding hydrogens is 405 g/mol. The molecule has 0 bridgehead atoms. The van der Waals surface area contributed by atoms with Gasteiger partial charge in [-0.15, -0.1) is 0 Å². The number of alkyl halides is 1. The molecule has 2 aromatic rings. The zero-order valence-electron chi connectivity index (χ0n) is 17.3. The first-order chi connectivity index (χ1) is 15.0. The second kappa shape index (κ2) is 10.8. The number of benzene rings is 2. The Labute approximate surface area is 180 Å². The van der Waals surface area contributed by atoms with Gasteiger partial charge in [0, 0.05) is 32.0 Å². The van der Waals surface area contributed by atoms with Crippen molar-refractivity contribution >= 4 is 17.3 Å². The molecule has 8 nitrogen and oxygen atoms in total. The Balaban J connectivity index is 1.62. The number of carbonyl (C=O) groups is 1. The number of hydrogen-bond acceptors (Lipinski definition) is 6. The highest BCUT2D eigenvalue weighted by Gasteiger charge is 2.34. The maximum atomic E-state index is 13.5. The molecule has 1 fully saturated rings. The minimum absolute atomic E-state index is 0.190. The molecule has 1 saturated heterocycles. The Kier molecular flexibility index (Phi) is 7.91. The molecule has 1 aliphatic heterocycles. The van der Waals surface area contributed by atoms with E-state index in [1.807, 2.05) is 30.3 Å². The van der Waals surface area contributed by atoms with Crippen molar-refractivity contribution in [1.29, 1.82) is 0 Å². The molecule has 1 amide bonds. The fourth-order valence-electron chi connectivity index (χ4n) is 3.34. The average Bonchev–Trinajstić information content (AvgIpc) is 2.78. The third-order valence-corrected chi connectivity index (χ3v) is 5.10. The average molecular weight is 431 g/mol. The number of likely N-dealkylation sites (N-methyl/N-ethyl adjacent to an activating group) is 1. The number of hydrogen-bond donors (Lipinski definition) is 1. The molecular formula is C22H26FN3O5. The molecule has 0 aliphatic carbocycles. The highest BCUT2D eigenvalue weighted by Crippen LogP contribution is 2.33. The van der Waals surface area contributed by atoms with E-state index in [9.17, 15) is 19.3 Å². The zero-order valence-corrected chi connectivity index (χ0v) is 17.3. The number of ether oxygens (including phenoxy) is 2. The summed E-state index contributed by atoms with van der Waals surface area (Å²) in [4.78, 5) is 24.9. The quantitative estimate of drug-likeness (QED) is 0.352. The van der Waals surface area contributed by atoms with Crippen LogP contribution in [0.3, 0.4) is 0 Å². The lowest BCUT2D eigenvalue weighted by Gasteiger charge is -2.29. The Hall–Kier alpha value is -3.04. The SMILES string of the molecule is CN1CCOC(c2ccc(NC(CF)CCOCc3ccccc3)cc2[N+](=O)[O-])C1=O. The lowest BCUT2D eigenvalue weighted by atomic mass is 10.0. The summed E-state index contributed by atoms with van der Waals surface area (Å²) in [6.45, 7) is 0.862. The molecule has 2 atom stereocenters. The van der Waals surface area contributed by atoms with Crippen LogP contribution in [0.1, 0.15) is 23.7 Å². The Morgan fingerprint density at radius 1 is 1.32 bits per heavy atom. The first kappa shape index (κ1) is 22.6. The molecule has 0 spiro atoms. The number of nitrogens with zero attached hydrogens (tertiary/aromatic N) is 2. The van der Waals surface area contributed by atoms with Gasteiger partial charge in [0.15, 0.2) is 6.10 Å². The first-order valence-corrected chi connectivity index (χ1v) is 10.1. The van der Waals surface area contributed by atoms with Gasteiger partial charge in [-0.05, 0) is 24.1 Å². The predicted octanol–water partition coefficient (Wildman–Crippen LogP) is 3.48. The zero-order chi connectivity index (χ0) is 22.2. The lowest BCUT2D eigenvalue weighted by Crippen LogP contribution is -2.41. The van der Waals surface area contributed by atoms with E-state index in [4.69, 9.17) is 9.47 Å². The number of anilines is 1. The number of halogens is 1. The minimum atomic E-state index is -1.02. The molecule has 0 aromatic heterocycles. The molecule has 2 unspecified atom stereocenters. The second-order valence-electron chi connectivity index (χ2n) is 7.36. The molecule has 0 radical (unpaired) electrons. The molecule has 3 rings (SSSR count). The van der Waals surface area contributed by atoms with Crippen molar-refractivity contribution in [1.82, 2.24) is 4.90 Å². The van der Waals surface area contributed by atoms with E-state index in [0.717, 1.165) is 5.56 Å². The molecule has 166 valence electrons. The third kappa shape index (κ3) is 5.99. The van der Waals surface area contributed by atoms with Crippen molar-refractivity contribution in [3.05, 3.63) is 69.8 Å². The summed E-state index contributed by atoms with van der Waals surface area (Å²) < 4.78 is 24.6. The molecule has 1 aliphatic rings. The van der Waals surface area contributed by atoms with E-state index in [-0.39, 0.29) is 17.2 Å². The fraction of sp³-hybridized carbons (Fsp3) is 0.409. The van der Waals surface area contributed by atoms with Gasteiger partial charge in [0.25, 0.3) is 11.6 Å². The van der Waals surface area contributed by atoms with Gasteiger partial charge in [0.1, 0.15) is 6.67 Å². The van der Waals surface area contributed by atoms with Crippen LogP contribution in [-0.4, -0.2) is 55.3 Å². The Bertz CT molecular complexity index is 896. The molecule has 2 aromatic carbocycles. The molecule has 0 saturated carbocycles. The number of nitrogens with one attached hydrogen (secondary N) is 1. The van der Waals surface area contributed by atoms with Crippen LogP contribution >= 0.6 is 0 Å². The van der Waals surface area contributed by atoms with Crippen LogP contribution in [0.25, 0.3) is 0 Å². The van der Waals surface area contributed by atoms with Gasteiger partial charge in [-0.1, -0.05) is 30.3 Å². The maximum absolute atomic E-state index is 13.5. The Morgan fingerprint density at radius 3 is 2.81 bits per heavy atom. The van der Waals surface area contributed by atoms with Gasteiger partial charge in [-0.2, -0.15) is 0 Å². The fourth-order valence-corrected chi connectivity index (χ4v) is 3.34. The standard InChI is InChI=1S/C22H26FN3O5/c1-25-10-12-31-21(22(25)27)19-8-7-17(13-20(19)26(28)29)24-18(14-23)9-11-30-15-16-5-3-2-4-6-16/h2-8,13,18,21,24H,9-12,14-15H2,1H3. The van der Waals surface area contributed by atoms with E-state index < -0.39 is 23.7 Å². The summed E-state index contributed by atoms with van der Waals surface area (Å²) >= 11 is 0. The summed E-state index contributed by atoms with van der Waals surface area (Å²) in [5.74, 6) is -0.327. The van der Waals surface area contributed by atoms with Crippen molar-refractivity contribution in [2.24, 2.45) is 0 Å². The topological polar surface area (TPSA) is 93.9 Å². The van der Waals surface area contributed by atoms with Gasteiger partial charge in [0.2, 0.25) is 0 Å². The van der Waals surface area contributed by atoms with E-state index >= 15 is 0 Å². The summed E-state index contributed by atoms with van der Waals surface area (Å²) in [6.07, 6.45) is -0.620. The number of nitro benzene ring substituents is 1. The third-order valence-electron chi connectivity index (χ3n) is 5.10. The highest BCUT2D eigenvalue weighted by molar-refractivity contribution is 5.84. The largest absolute Gasteiger partial charge is 0.379 e. The highest BCUT2D eigenvalue weighted by atomic mass is 19.1. The number of nitro groups is 1. The monoisotopic (exact) mass is 431 g/mol. The van der Waals surface area contributed by atoms with Crippen LogP contribution in [-0.2, 0) is 20.9 Å². The van der Waals surface area contributed by atoms with Gasteiger partial charge in [-0.3, -0.25) is 14.9 Å². The summed E-state index contributed by atoms with van der Waals surface area (Å²) in [6, 6.07) is 13.5. The molecule has 1 N–H and O–H groups in total. The first-order valence-electron chi connectivity index (χ1n) is 10.1. The number of amides is 1. The van der Waals surface area contributed by atoms with Crippen LogP contribution in [0.5, 0.6) is 0 Å². The summed E-state index contributed by atoms with van der Waals surface area (Å²) in [7, 11) is 1.63. The maximum Gasteiger partial charge on any atom is 0.277 e. The normalized spacial score (nSPS) is 17.4. The van der Waals surface area contributed by atoms with Crippen LogP contribution in [0, 0.1) is 10.1 Å². The van der Waals surface area contributed by atoms with Crippen molar-refractivity contribution < 1.29 is 23.6 Å². The predicted molar refractivity (Wildman–Crippen MR) is 114 cm³/mol. The van der Waals surface area contributed by atoms with E-state index in [1.165, 1.54) is 17.0 Å². The van der Waals surface area contributed by atoms with Gasteiger partial charge < -0.3 is 19.7 Å². The number of rotatable bonds is 10. The van der Waals surface area contributed by atoms with E-state index in [0.29, 0.717) is 38.5 Å². The van der Waals surface area contributed by atoms with Crippen LogP contribution < -0.4 is 5.32 Å². The van der Waals surface area contributed by atoms with Crippen molar-refractivity contribution in [3.8, 4) is 0 Å². The Morgan fingerprint density at radius 2 is 2.10 bits per heavy atom. The van der Waals surface area contributed by atoms with Crippen molar-refractivity contribution in [2.75, 3.05) is 38.8 Å². The summed E-state index contributed by atoms with van der Waals surface area (Å²) in [5.41, 5.74) is 1.38. The second-order valence-corrected chi connectivity index (χ2v) is 7.36. The van der Waals surface area contributed by atoms with Crippen LogP contribution in [0.4, 0.5) is 15.8 Å².